The lowest BCUT2D eigenvalue weighted by Crippen LogP contribution is -2.39. The second-order valence-electron chi connectivity index (χ2n) is 7.27. The molecule has 0 aliphatic rings. The van der Waals surface area contributed by atoms with E-state index >= 15 is 0 Å². The number of benzene rings is 1. The summed E-state index contributed by atoms with van der Waals surface area (Å²) in [4.78, 5) is 24.0. The molecule has 31 heavy (non-hydrogen) atoms. The number of aryl methyl sites for hydroxylation is 1. The minimum Gasteiger partial charge on any atom is -0.406 e. The number of ether oxygens (including phenoxy) is 1. The second-order valence-corrected chi connectivity index (χ2v) is 9.89. The zero-order valence-electron chi connectivity index (χ0n) is 16.9. The van der Waals surface area contributed by atoms with E-state index in [-0.39, 0.29) is 11.5 Å². The molecule has 0 unspecified atom stereocenters. The van der Waals surface area contributed by atoms with Crippen LogP contribution in [0.3, 0.4) is 0 Å². The molecule has 10 nitrogen and oxygen atoms in total. The first kappa shape index (κ1) is 21.1. The monoisotopic (exact) mass is 462 g/mol. The van der Waals surface area contributed by atoms with Gasteiger partial charge in [-0.05, 0) is 25.1 Å². The predicted molar refractivity (Wildman–Crippen MR) is 117 cm³/mol. The smallest absolute Gasteiger partial charge is 0.406 e. The Balaban J connectivity index is 1.64. The van der Waals surface area contributed by atoms with Gasteiger partial charge in [0.2, 0.25) is 0 Å². The number of halogens is 1. The van der Waals surface area contributed by atoms with Crippen LogP contribution in [0.25, 0.3) is 33.5 Å². The van der Waals surface area contributed by atoms with E-state index in [0.29, 0.717) is 27.6 Å². The average molecular weight is 463 g/mol. The number of nitrogens with one attached hydrogen (secondary N) is 2. The van der Waals surface area contributed by atoms with Gasteiger partial charge in [0.1, 0.15) is 21.2 Å². The first-order chi connectivity index (χ1) is 14.6. The molecule has 0 aliphatic carbocycles. The van der Waals surface area contributed by atoms with Crippen LogP contribution in [0.5, 0.6) is 5.75 Å². The summed E-state index contributed by atoms with van der Waals surface area (Å²) in [5.74, 6) is -0.0341. The van der Waals surface area contributed by atoms with E-state index in [2.05, 4.69) is 25.4 Å². The van der Waals surface area contributed by atoms with Gasteiger partial charge in [0.05, 0.1) is 17.5 Å². The second kappa shape index (κ2) is 7.82. The van der Waals surface area contributed by atoms with Crippen molar-refractivity contribution in [3.8, 4) is 17.1 Å². The molecule has 0 saturated heterocycles. The summed E-state index contributed by atoms with van der Waals surface area (Å²) in [5, 5.41) is 8.46. The van der Waals surface area contributed by atoms with Crippen LogP contribution >= 0.6 is 11.6 Å². The molecule has 0 fully saturated rings. The number of carbonyl (C=O) groups is 1. The molecule has 1 amide bonds. The van der Waals surface area contributed by atoms with E-state index < -0.39 is 22.0 Å². The highest BCUT2D eigenvalue weighted by Gasteiger charge is 2.19. The first-order valence-electron chi connectivity index (χ1n) is 9.23. The van der Waals surface area contributed by atoms with Crippen molar-refractivity contribution in [2.24, 2.45) is 7.05 Å². The van der Waals surface area contributed by atoms with E-state index in [1.807, 2.05) is 12.1 Å². The van der Waals surface area contributed by atoms with Crippen molar-refractivity contribution in [1.82, 2.24) is 30.0 Å². The maximum absolute atomic E-state index is 12.2. The zero-order valence-corrected chi connectivity index (χ0v) is 18.5. The summed E-state index contributed by atoms with van der Waals surface area (Å²) >= 11 is 6.09. The fraction of sp³-hybridized carbons (Fsp3) is 0.263. The van der Waals surface area contributed by atoms with Crippen LogP contribution < -0.4 is 10.1 Å². The Morgan fingerprint density at radius 1 is 1.39 bits per heavy atom. The Morgan fingerprint density at radius 2 is 2.16 bits per heavy atom. The van der Waals surface area contributed by atoms with Crippen LogP contribution in [0.1, 0.15) is 6.92 Å². The van der Waals surface area contributed by atoms with Crippen LogP contribution in [-0.4, -0.2) is 57.3 Å². The Kier molecular flexibility index (Phi) is 5.31. The predicted octanol–water partition coefficient (Wildman–Crippen LogP) is 2.69. The fourth-order valence-corrected chi connectivity index (χ4v) is 4.46. The maximum atomic E-state index is 12.2. The molecule has 3 aromatic heterocycles. The molecule has 0 spiro atoms. The van der Waals surface area contributed by atoms with Gasteiger partial charge in [0, 0.05) is 36.0 Å². The molecule has 3 heterocycles. The fourth-order valence-electron chi connectivity index (χ4n) is 3.31. The topological polar surface area (TPSA) is 132 Å². The van der Waals surface area contributed by atoms with Gasteiger partial charge in [0.25, 0.3) is 0 Å². The number of aromatic amines is 1. The summed E-state index contributed by atoms with van der Waals surface area (Å²) in [6.45, 7) is 1.58. The first-order valence-corrected chi connectivity index (χ1v) is 11.7. The number of H-pyrrole nitrogens is 1. The number of rotatable bonds is 5. The van der Waals surface area contributed by atoms with Crippen LogP contribution in [0.2, 0.25) is 5.02 Å². The molecule has 1 aromatic carbocycles. The Bertz CT molecular complexity index is 1410. The summed E-state index contributed by atoms with van der Waals surface area (Å²) in [6, 6.07) is 4.83. The van der Waals surface area contributed by atoms with Crippen LogP contribution in [0, 0.1) is 0 Å². The van der Waals surface area contributed by atoms with Gasteiger partial charge in [-0.1, -0.05) is 11.6 Å². The molecule has 4 aromatic rings. The molecule has 1 atom stereocenters. The van der Waals surface area contributed by atoms with Crippen LogP contribution in [-0.2, 0) is 16.9 Å². The zero-order chi connectivity index (χ0) is 22.3. The van der Waals surface area contributed by atoms with Crippen molar-refractivity contribution in [3.05, 3.63) is 35.6 Å². The lowest BCUT2D eigenvalue weighted by atomic mass is 10.2. The molecule has 0 radical (unpaired) electrons. The maximum Gasteiger partial charge on any atom is 0.412 e. The number of hydrogen-bond acceptors (Lipinski definition) is 7. The Hall–Kier alpha value is -3.18. The van der Waals surface area contributed by atoms with Crippen molar-refractivity contribution in [3.63, 3.8) is 0 Å². The van der Waals surface area contributed by atoms with Crippen molar-refractivity contribution in [1.29, 1.82) is 0 Å². The van der Waals surface area contributed by atoms with Gasteiger partial charge in [0.15, 0.2) is 16.9 Å². The highest BCUT2D eigenvalue weighted by atomic mass is 35.5. The van der Waals surface area contributed by atoms with Gasteiger partial charge in [-0.25, -0.2) is 23.2 Å². The van der Waals surface area contributed by atoms with Gasteiger partial charge >= 0.3 is 6.09 Å². The van der Waals surface area contributed by atoms with E-state index in [4.69, 9.17) is 16.3 Å². The number of hydrogen-bond donors (Lipinski definition) is 2. The third-order valence-corrected chi connectivity index (χ3v) is 5.86. The highest BCUT2D eigenvalue weighted by Crippen LogP contribution is 2.30. The molecular weight excluding hydrogens is 444 g/mol. The normalized spacial score (nSPS) is 12.9. The Morgan fingerprint density at radius 3 is 2.90 bits per heavy atom. The van der Waals surface area contributed by atoms with Gasteiger partial charge in [-0.2, -0.15) is 5.10 Å². The van der Waals surface area contributed by atoms with Gasteiger partial charge < -0.3 is 15.0 Å². The molecule has 4 rings (SSSR count). The number of sulfone groups is 1. The summed E-state index contributed by atoms with van der Waals surface area (Å²) in [7, 11) is -1.43. The highest BCUT2D eigenvalue weighted by molar-refractivity contribution is 7.90. The average Bonchev–Trinajstić information content (AvgIpc) is 3.20. The third-order valence-electron chi connectivity index (χ3n) is 4.52. The molecule has 0 bridgehead atoms. The largest absolute Gasteiger partial charge is 0.412 e. The van der Waals surface area contributed by atoms with E-state index in [0.717, 1.165) is 17.2 Å². The number of fused-ring (bicyclic) bond motifs is 2. The lowest BCUT2D eigenvalue weighted by molar-refractivity contribution is 0.198. The van der Waals surface area contributed by atoms with E-state index in [9.17, 15) is 13.2 Å². The third kappa shape index (κ3) is 4.47. The molecule has 2 N–H and O–H groups in total. The van der Waals surface area contributed by atoms with Crippen molar-refractivity contribution in [2.75, 3.05) is 12.0 Å². The van der Waals surface area contributed by atoms with Gasteiger partial charge in [-0.15, -0.1) is 0 Å². The van der Waals surface area contributed by atoms with Crippen molar-refractivity contribution >= 4 is 49.6 Å². The number of aromatic nitrogens is 5. The molecule has 12 heteroatoms. The number of nitrogens with zero attached hydrogens (tertiary/aromatic N) is 4. The van der Waals surface area contributed by atoms with Crippen molar-refractivity contribution < 1.29 is 17.9 Å². The quantitative estimate of drug-likeness (QED) is 0.466. The Labute approximate surface area is 182 Å². The standard InChI is InChI=1S/C19H19ClN6O4S/c1-10(9-31(3,28)29)23-19(27)30-15-8-22-18-17(15)24-13(7-21-18)16-12-5-4-11(20)6-14(12)26(2)25-16/h4-8,10H,9H2,1-3H3,(H,21,22)(H,23,27)/t10-/m1/s1. The van der Waals surface area contributed by atoms with Crippen LogP contribution in [0.15, 0.2) is 30.6 Å². The minimum absolute atomic E-state index is 0.164. The van der Waals surface area contributed by atoms with Gasteiger partial charge in [-0.3, -0.25) is 4.68 Å². The number of carbonyl (C=O) groups excluding carboxylic acids is 1. The minimum atomic E-state index is -3.24. The molecule has 0 aliphatic heterocycles. The molecule has 162 valence electrons. The SMILES string of the molecule is C[C@H](CS(C)(=O)=O)NC(=O)Oc1c[nH]c2ncc(-c3nn(C)c4cc(Cl)ccc34)nc12. The number of amides is 1. The molecule has 0 saturated carbocycles. The van der Waals surface area contributed by atoms with Crippen LogP contribution in [0.4, 0.5) is 4.79 Å². The van der Waals surface area contributed by atoms with E-state index in [1.165, 1.54) is 6.20 Å². The summed E-state index contributed by atoms with van der Waals surface area (Å²) < 4.78 is 29.8. The van der Waals surface area contributed by atoms with Crippen molar-refractivity contribution in [2.45, 2.75) is 13.0 Å². The summed E-state index contributed by atoms with van der Waals surface area (Å²) in [5.41, 5.74) is 2.72. The van der Waals surface area contributed by atoms with E-state index in [1.54, 1.807) is 30.9 Å². The summed E-state index contributed by atoms with van der Waals surface area (Å²) in [6.07, 6.45) is 3.35. The molecular formula is C19H19ClN6O4S. The lowest BCUT2D eigenvalue weighted by Gasteiger charge is -2.12.